The lowest BCUT2D eigenvalue weighted by atomic mass is 10.2. The zero-order valence-electron chi connectivity index (χ0n) is 16.8. The van der Waals surface area contributed by atoms with Crippen molar-refractivity contribution in [3.63, 3.8) is 0 Å². The molecule has 7 nitrogen and oxygen atoms in total. The molecule has 1 aliphatic rings. The molecule has 0 bridgehead atoms. The number of nitrogens with one attached hydrogen (secondary N) is 1. The predicted octanol–water partition coefficient (Wildman–Crippen LogP) is 4.67. The lowest BCUT2D eigenvalue weighted by Crippen LogP contribution is -2.12. The van der Waals surface area contributed by atoms with Gasteiger partial charge >= 0.3 is 0 Å². The summed E-state index contributed by atoms with van der Waals surface area (Å²) in [4.78, 5) is 17.2. The van der Waals surface area contributed by atoms with Crippen molar-refractivity contribution in [3.05, 3.63) is 77.4 Å². The fraction of sp³-hybridized carbons (Fsp3) is 0.217. The van der Waals surface area contributed by atoms with E-state index in [1.807, 2.05) is 62.4 Å². The molecule has 0 saturated heterocycles. The summed E-state index contributed by atoms with van der Waals surface area (Å²) in [7, 11) is 0. The second-order valence-electron chi connectivity index (χ2n) is 7.67. The van der Waals surface area contributed by atoms with E-state index in [1.54, 1.807) is 10.9 Å². The van der Waals surface area contributed by atoms with Crippen LogP contribution in [0, 0.1) is 13.8 Å². The minimum Gasteiger partial charge on any atom is -0.339 e. The Kier molecular flexibility index (Phi) is 4.43. The highest BCUT2D eigenvalue weighted by molar-refractivity contribution is 6.05. The average Bonchev–Trinajstić information content (AvgIpc) is 3.33. The normalized spacial score (nSPS) is 13.4. The van der Waals surface area contributed by atoms with Gasteiger partial charge in [0.1, 0.15) is 0 Å². The number of aromatic nitrogens is 4. The van der Waals surface area contributed by atoms with Crippen LogP contribution < -0.4 is 5.32 Å². The maximum Gasteiger partial charge on any atom is 0.259 e. The smallest absolute Gasteiger partial charge is 0.259 e. The fourth-order valence-corrected chi connectivity index (χ4v) is 3.35. The van der Waals surface area contributed by atoms with Gasteiger partial charge < -0.3 is 9.84 Å². The number of amides is 1. The van der Waals surface area contributed by atoms with Crippen molar-refractivity contribution in [1.29, 1.82) is 0 Å². The zero-order chi connectivity index (χ0) is 20.7. The predicted molar refractivity (Wildman–Crippen MR) is 113 cm³/mol. The van der Waals surface area contributed by atoms with Gasteiger partial charge in [0.15, 0.2) is 0 Å². The SMILES string of the molecule is Cc1cccc(NC(=O)c2cn(-c3ccc(-c4noc(C5CC5)n4)cc3)nc2C)c1. The van der Waals surface area contributed by atoms with Crippen LogP contribution in [0.3, 0.4) is 0 Å². The molecule has 30 heavy (non-hydrogen) atoms. The monoisotopic (exact) mass is 399 g/mol. The van der Waals surface area contributed by atoms with E-state index in [-0.39, 0.29) is 5.91 Å². The molecule has 2 aromatic carbocycles. The van der Waals surface area contributed by atoms with E-state index < -0.39 is 0 Å². The molecule has 0 atom stereocenters. The lowest BCUT2D eigenvalue weighted by Gasteiger charge is -2.05. The highest BCUT2D eigenvalue weighted by atomic mass is 16.5. The third kappa shape index (κ3) is 3.61. The molecule has 4 aromatic rings. The lowest BCUT2D eigenvalue weighted by molar-refractivity contribution is 0.102. The van der Waals surface area contributed by atoms with Crippen molar-refractivity contribution >= 4 is 11.6 Å². The van der Waals surface area contributed by atoms with Gasteiger partial charge in [-0.3, -0.25) is 4.79 Å². The van der Waals surface area contributed by atoms with Gasteiger partial charge in [0, 0.05) is 23.4 Å². The Bertz CT molecular complexity index is 1220. The molecule has 0 radical (unpaired) electrons. The summed E-state index contributed by atoms with van der Waals surface area (Å²) >= 11 is 0. The Morgan fingerprint density at radius 3 is 2.67 bits per heavy atom. The van der Waals surface area contributed by atoms with Crippen LogP contribution in [0.1, 0.15) is 46.3 Å². The second kappa shape index (κ2) is 7.26. The van der Waals surface area contributed by atoms with Gasteiger partial charge in [0.2, 0.25) is 11.7 Å². The number of rotatable bonds is 5. The summed E-state index contributed by atoms with van der Waals surface area (Å²) < 4.78 is 7.04. The standard InChI is InChI=1S/C23H21N5O2/c1-14-4-3-5-18(12-14)24-22(29)20-13-28(26-15(20)2)19-10-8-16(9-11-19)21-25-23(30-27-21)17-6-7-17/h3-5,8-13,17H,6-7H2,1-2H3,(H,24,29). The summed E-state index contributed by atoms with van der Waals surface area (Å²) in [5.74, 6) is 1.57. The van der Waals surface area contributed by atoms with Crippen LogP contribution in [-0.2, 0) is 0 Å². The molecule has 150 valence electrons. The van der Waals surface area contributed by atoms with Crippen molar-refractivity contribution in [2.45, 2.75) is 32.6 Å². The van der Waals surface area contributed by atoms with Crippen LogP contribution in [0.25, 0.3) is 17.1 Å². The fourth-order valence-electron chi connectivity index (χ4n) is 3.35. The number of nitrogens with zero attached hydrogens (tertiary/aromatic N) is 4. The first kappa shape index (κ1) is 18.3. The minimum atomic E-state index is -0.180. The van der Waals surface area contributed by atoms with Gasteiger partial charge in [-0.15, -0.1) is 0 Å². The number of benzene rings is 2. The molecule has 0 spiro atoms. The largest absolute Gasteiger partial charge is 0.339 e. The summed E-state index contributed by atoms with van der Waals surface area (Å²) in [5.41, 5.74) is 4.79. The molecule has 1 saturated carbocycles. The molecule has 1 amide bonds. The van der Waals surface area contributed by atoms with Crippen molar-refractivity contribution in [1.82, 2.24) is 19.9 Å². The van der Waals surface area contributed by atoms with Crippen LogP contribution >= 0.6 is 0 Å². The molecule has 0 unspecified atom stereocenters. The second-order valence-corrected chi connectivity index (χ2v) is 7.67. The zero-order valence-corrected chi connectivity index (χ0v) is 16.8. The number of hydrogen-bond acceptors (Lipinski definition) is 5. The number of carbonyl (C=O) groups is 1. The number of carbonyl (C=O) groups excluding carboxylic acids is 1. The van der Waals surface area contributed by atoms with Gasteiger partial charge in [-0.05, 0) is 68.7 Å². The molecular weight excluding hydrogens is 378 g/mol. The Hall–Kier alpha value is -3.74. The highest BCUT2D eigenvalue weighted by Gasteiger charge is 2.29. The van der Waals surface area contributed by atoms with Crippen molar-refractivity contribution < 1.29 is 9.32 Å². The molecular formula is C23H21N5O2. The van der Waals surface area contributed by atoms with Crippen molar-refractivity contribution in [2.75, 3.05) is 5.32 Å². The number of anilines is 1. The van der Waals surface area contributed by atoms with E-state index in [0.29, 0.717) is 23.0 Å². The Morgan fingerprint density at radius 2 is 1.93 bits per heavy atom. The Labute approximate surface area is 173 Å². The quantitative estimate of drug-likeness (QED) is 0.527. The third-order valence-electron chi connectivity index (χ3n) is 5.18. The van der Waals surface area contributed by atoms with Gasteiger partial charge in [0.25, 0.3) is 5.91 Å². The number of hydrogen-bond donors (Lipinski definition) is 1. The molecule has 2 aromatic heterocycles. The van der Waals surface area contributed by atoms with Crippen molar-refractivity contribution in [2.24, 2.45) is 0 Å². The van der Waals surface area contributed by atoms with E-state index in [1.165, 1.54) is 0 Å². The Morgan fingerprint density at radius 1 is 1.13 bits per heavy atom. The van der Waals surface area contributed by atoms with Crippen LogP contribution in [0.15, 0.2) is 59.3 Å². The summed E-state index contributed by atoms with van der Waals surface area (Å²) in [6.45, 7) is 3.82. The van der Waals surface area contributed by atoms with Crippen LogP contribution in [0.2, 0.25) is 0 Å². The topological polar surface area (TPSA) is 85.8 Å². The van der Waals surface area contributed by atoms with Crippen LogP contribution in [0.5, 0.6) is 0 Å². The van der Waals surface area contributed by atoms with Gasteiger partial charge in [-0.2, -0.15) is 10.1 Å². The first-order valence-corrected chi connectivity index (χ1v) is 9.95. The average molecular weight is 399 g/mol. The molecule has 7 heteroatoms. The summed E-state index contributed by atoms with van der Waals surface area (Å²) in [6, 6.07) is 15.4. The molecule has 1 N–H and O–H groups in total. The Balaban J connectivity index is 1.35. The van der Waals surface area contributed by atoms with Crippen molar-refractivity contribution in [3.8, 4) is 17.1 Å². The third-order valence-corrected chi connectivity index (χ3v) is 5.18. The first-order chi connectivity index (χ1) is 14.6. The maximum atomic E-state index is 12.7. The van der Waals surface area contributed by atoms with Crippen LogP contribution in [-0.4, -0.2) is 25.8 Å². The van der Waals surface area contributed by atoms with E-state index in [0.717, 1.165) is 41.2 Å². The van der Waals surface area contributed by atoms with E-state index in [2.05, 4.69) is 20.6 Å². The molecule has 1 aliphatic carbocycles. The first-order valence-electron chi connectivity index (χ1n) is 9.95. The highest BCUT2D eigenvalue weighted by Crippen LogP contribution is 2.39. The van der Waals surface area contributed by atoms with E-state index >= 15 is 0 Å². The van der Waals surface area contributed by atoms with Crippen LogP contribution in [0.4, 0.5) is 5.69 Å². The summed E-state index contributed by atoms with van der Waals surface area (Å²) in [5, 5.41) is 11.5. The molecule has 0 aliphatic heterocycles. The van der Waals surface area contributed by atoms with E-state index in [9.17, 15) is 4.79 Å². The maximum absolute atomic E-state index is 12.7. The van der Waals surface area contributed by atoms with Gasteiger partial charge in [0.05, 0.1) is 16.9 Å². The van der Waals surface area contributed by atoms with Gasteiger partial charge in [-0.1, -0.05) is 17.3 Å². The number of aryl methyl sites for hydroxylation is 2. The van der Waals surface area contributed by atoms with E-state index in [4.69, 9.17) is 4.52 Å². The minimum absolute atomic E-state index is 0.180. The summed E-state index contributed by atoms with van der Waals surface area (Å²) in [6.07, 6.45) is 3.99. The molecule has 2 heterocycles. The molecule has 5 rings (SSSR count). The molecule has 1 fully saturated rings. The van der Waals surface area contributed by atoms with Gasteiger partial charge in [-0.25, -0.2) is 4.68 Å².